The highest BCUT2D eigenvalue weighted by Gasteiger charge is 2.39. The van der Waals surface area contributed by atoms with Crippen molar-refractivity contribution in [3.63, 3.8) is 0 Å². The zero-order valence-electron chi connectivity index (χ0n) is 16.6. The molecule has 2 aromatic rings. The zero-order chi connectivity index (χ0) is 22.0. The van der Waals surface area contributed by atoms with E-state index in [4.69, 9.17) is 5.11 Å². The van der Waals surface area contributed by atoms with Gasteiger partial charge in [-0.25, -0.2) is 0 Å². The minimum atomic E-state index is -0.675. The monoisotopic (exact) mass is 439 g/mol. The lowest BCUT2D eigenvalue weighted by atomic mass is 10.0. The third-order valence-electron chi connectivity index (χ3n) is 5.27. The summed E-state index contributed by atoms with van der Waals surface area (Å²) in [6.45, 7) is 0.298. The second-order valence-corrected chi connectivity index (χ2v) is 8.43. The van der Waals surface area contributed by atoms with Gasteiger partial charge in [-0.3, -0.25) is 24.5 Å². The summed E-state index contributed by atoms with van der Waals surface area (Å²) in [5, 5.41) is 14.2. The number of rotatable bonds is 6. The van der Waals surface area contributed by atoms with Crippen LogP contribution in [-0.4, -0.2) is 52.0 Å². The summed E-state index contributed by atoms with van der Waals surface area (Å²) in [5.41, 5.74) is 2.17. The van der Waals surface area contributed by atoms with Crippen molar-refractivity contribution in [1.29, 1.82) is 0 Å². The Morgan fingerprint density at radius 3 is 2.77 bits per heavy atom. The number of anilines is 1. The van der Waals surface area contributed by atoms with Crippen LogP contribution in [0, 0.1) is 0 Å². The van der Waals surface area contributed by atoms with E-state index in [-0.39, 0.29) is 37.3 Å². The molecule has 1 unspecified atom stereocenters. The second kappa shape index (κ2) is 8.91. The molecule has 31 heavy (non-hydrogen) atoms. The van der Waals surface area contributed by atoms with Gasteiger partial charge in [-0.05, 0) is 36.2 Å². The van der Waals surface area contributed by atoms with Crippen LogP contribution in [0.2, 0.25) is 0 Å². The summed E-state index contributed by atoms with van der Waals surface area (Å²) in [4.78, 5) is 51.5. The molecule has 1 fully saturated rings. The van der Waals surface area contributed by atoms with Crippen molar-refractivity contribution < 1.29 is 24.3 Å². The molecule has 0 radical (unpaired) electrons. The third-order valence-corrected chi connectivity index (χ3v) is 6.32. The zero-order valence-corrected chi connectivity index (χ0v) is 17.4. The molecule has 8 nitrogen and oxygen atoms in total. The maximum absolute atomic E-state index is 12.9. The van der Waals surface area contributed by atoms with E-state index in [1.165, 1.54) is 16.7 Å². The number of amides is 4. The molecule has 2 aliphatic rings. The van der Waals surface area contributed by atoms with Crippen LogP contribution in [0.3, 0.4) is 0 Å². The van der Waals surface area contributed by atoms with Crippen LogP contribution in [0.25, 0.3) is 0 Å². The number of carbonyl (C=O) groups excluding carboxylic acids is 4. The number of imide groups is 1. The van der Waals surface area contributed by atoms with E-state index < -0.39 is 11.9 Å². The predicted octanol–water partition coefficient (Wildman–Crippen LogP) is 1.78. The molecule has 0 bridgehead atoms. The van der Waals surface area contributed by atoms with Gasteiger partial charge in [0, 0.05) is 34.9 Å². The van der Waals surface area contributed by atoms with Gasteiger partial charge in [0.25, 0.3) is 11.8 Å². The molecule has 0 saturated carbocycles. The lowest BCUT2D eigenvalue weighted by Crippen LogP contribution is -2.52. The summed E-state index contributed by atoms with van der Waals surface area (Å²) in [7, 11) is 0. The SMILES string of the molecule is O=C1CCC(N2Cc3ccc(NC(=O)c4ccccc4SCCO)cc3C2=O)C(=O)N1. The van der Waals surface area contributed by atoms with Gasteiger partial charge in [-0.1, -0.05) is 18.2 Å². The summed E-state index contributed by atoms with van der Waals surface area (Å²) in [6, 6.07) is 11.5. The van der Waals surface area contributed by atoms with Crippen molar-refractivity contribution in [3.8, 4) is 0 Å². The number of nitrogens with zero attached hydrogens (tertiary/aromatic N) is 1. The van der Waals surface area contributed by atoms with E-state index >= 15 is 0 Å². The molecule has 3 N–H and O–H groups in total. The minimum Gasteiger partial charge on any atom is -0.396 e. The largest absolute Gasteiger partial charge is 0.396 e. The van der Waals surface area contributed by atoms with Gasteiger partial charge < -0.3 is 15.3 Å². The fourth-order valence-corrected chi connectivity index (χ4v) is 4.57. The van der Waals surface area contributed by atoms with E-state index in [1.807, 2.05) is 12.1 Å². The molecule has 160 valence electrons. The first-order chi connectivity index (χ1) is 15.0. The average Bonchev–Trinajstić information content (AvgIpc) is 3.08. The summed E-state index contributed by atoms with van der Waals surface area (Å²) >= 11 is 1.39. The Balaban J connectivity index is 1.50. The number of aliphatic hydroxyl groups is 1. The number of fused-ring (bicyclic) bond motifs is 1. The number of hydrogen-bond donors (Lipinski definition) is 3. The number of hydrogen-bond acceptors (Lipinski definition) is 6. The van der Waals surface area contributed by atoms with Gasteiger partial charge in [-0.2, -0.15) is 0 Å². The van der Waals surface area contributed by atoms with Crippen molar-refractivity contribution in [1.82, 2.24) is 10.2 Å². The molecule has 0 aliphatic carbocycles. The molecule has 2 heterocycles. The minimum absolute atomic E-state index is 0.0111. The lowest BCUT2D eigenvalue weighted by Gasteiger charge is -2.29. The Morgan fingerprint density at radius 2 is 2.00 bits per heavy atom. The Labute approximate surface area is 183 Å². The van der Waals surface area contributed by atoms with Crippen molar-refractivity contribution in [3.05, 3.63) is 59.2 Å². The van der Waals surface area contributed by atoms with Gasteiger partial charge in [-0.15, -0.1) is 11.8 Å². The van der Waals surface area contributed by atoms with E-state index in [0.717, 1.165) is 10.5 Å². The quantitative estimate of drug-likeness (QED) is 0.467. The fraction of sp³-hybridized carbons (Fsp3) is 0.273. The van der Waals surface area contributed by atoms with Crippen molar-refractivity contribution in [2.45, 2.75) is 30.3 Å². The molecular weight excluding hydrogens is 418 g/mol. The molecule has 2 aliphatic heterocycles. The third kappa shape index (κ3) is 4.33. The smallest absolute Gasteiger partial charge is 0.256 e. The highest BCUT2D eigenvalue weighted by molar-refractivity contribution is 7.99. The normalized spacial score (nSPS) is 18.0. The van der Waals surface area contributed by atoms with Crippen LogP contribution in [0.4, 0.5) is 5.69 Å². The summed E-state index contributed by atoms with van der Waals surface area (Å²) < 4.78 is 0. The van der Waals surface area contributed by atoms with Crippen molar-refractivity contribution >= 4 is 41.1 Å². The molecule has 9 heteroatoms. The molecule has 2 aromatic carbocycles. The first-order valence-electron chi connectivity index (χ1n) is 9.89. The molecule has 4 amide bonds. The van der Waals surface area contributed by atoms with Crippen LogP contribution in [0.15, 0.2) is 47.4 Å². The molecule has 1 saturated heterocycles. The molecule has 0 aromatic heterocycles. The number of benzene rings is 2. The molecule has 0 spiro atoms. The Bertz CT molecular complexity index is 1070. The second-order valence-electron chi connectivity index (χ2n) is 7.29. The Hall–Kier alpha value is -3.17. The number of thioether (sulfide) groups is 1. The maximum Gasteiger partial charge on any atom is 0.256 e. The topological polar surface area (TPSA) is 116 Å². The van der Waals surface area contributed by atoms with Crippen LogP contribution in [0.1, 0.15) is 39.1 Å². The Kier molecular flexibility index (Phi) is 6.06. The van der Waals surface area contributed by atoms with Crippen LogP contribution >= 0.6 is 11.8 Å². The summed E-state index contributed by atoms with van der Waals surface area (Å²) in [6.07, 6.45) is 0.502. The van der Waals surface area contributed by atoms with E-state index in [2.05, 4.69) is 10.6 Å². The lowest BCUT2D eigenvalue weighted by molar-refractivity contribution is -0.136. The number of aliphatic hydroxyl groups excluding tert-OH is 1. The average molecular weight is 439 g/mol. The van der Waals surface area contributed by atoms with Gasteiger partial charge >= 0.3 is 0 Å². The highest BCUT2D eigenvalue weighted by Crippen LogP contribution is 2.30. The number of carbonyl (C=O) groups is 4. The van der Waals surface area contributed by atoms with Crippen LogP contribution in [-0.2, 0) is 16.1 Å². The first kappa shape index (κ1) is 21.1. The molecular formula is C22H21N3O5S. The van der Waals surface area contributed by atoms with E-state index in [0.29, 0.717) is 29.0 Å². The number of piperidine rings is 1. The van der Waals surface area contributed by atoms with Gasteiger partial charge in [0.05, 0.1) is 12.2 Å². The van der Waals surface area contributed by atoms with Gasteiger partial charge in [0.1, 0.15) is 6.04 Å². The molecule has 1 atom stereocenters. The van der Waals surface area contributed by atoms with Gasteiger partial charge in [0.2, 0.25) is 11.8 Å². The first-order valence-corrected chi connectivity index (χ1v) is 10.9. The fourth-order valence-electron chi connectivity index (χ4n) is 3.77. The summed E-state index contributed by atoms with van der Waals surface area (Å²) in [5.74, 6) is -0.905. The van der Waals surface area contributed by atoms with Gasteiger partial charge in [0.15, 0.2) is 0 Å². The number of nitrogens with one attached hydrogen (secondary N) is 2. The molecule has 4 rings (SSSR count). The van der Waals surface area contributed by atoms with Crippen LogP contribution < -0.4 is 10.6 Å². The maximum atomic E-state index is 12.9. The van der Waals surface area contributed by atoms with Crippen molar-refractivity contribution in [2.75, 3.05) is 17.7 Å². The van der Waals surface area contributed by atoms with Crippen molar-refractivity contribution in [2.24, 2.45) is 0 Å². The predicted molar refractivity (Wildman–Crippen MR) is 115 cm³/mol. The van der Waals surface area contributed by atoms with E-state index in [9.17, 15) is 19.2 Å². The standard InChI is InChI=1S/C22H21N3O5S/c26-9-10-31-18-4-2-1-3-15(18)20(28)23-14-6-5-13-12-25(22(30)16(13)11-14)17-7-8-19(27)24-21(17)29/h1-6,11,17,26H,7-10,12H2,(H,23,28)(H,24,27,29). The van der Waals surface area contributed by atoms with E-state index in [1.54, 1.807) is 30.3 Å². The van der Waals surface area contributed by atoms with Crippen LogP contribution in [0.5, 0.6) is 0 Å². The Morgan fingerprint density at radius 1 is 1.19 bits per heavy atom. The highest BCUT2D eigenvalue weighted by atomic mass is 32.2.